The van der Waals surface area contributed by atoms with Gasteiger partial charge in [-0.2, -0.15) is 0 Å². The van der Waals surface area contributed by atoms with Gasteiger partial charge in [-0.3, -0.25) is 14.4 Å². The molecule has 0 heterocycles. The Kier molecular flexibility index (Phi) is 45.0. The first-order valence-corrected chi connectivity index (χ1v) is 24.4. The van der Waals surface area contributed by atoms with E-state index in [1.807, 2.05) is 0 Å². The molecule has 1 atom stereocenters. The lowest BCUT2D eigenvalue weighted by atomic mass is 10.1. The second-order valence-corrected chi connectivity index (χ2v) is 16.0. The molecule has 0 rings (SSSR count). The lowest BCUT2D eigenvalue weighted by Gasteiger charge is -2.18. The van der Waals surface area contributed by atoms with Crippen LogP contribution in [-0.2, 0) is 28.6 Å². The van der Waals surface area contributed by atoms with Gasteiger partial charge in [0, 0.05) is 19.3 Å². The molecule has 6 nitrogen and oxygen atoms in total. The molecule has 0 aliphatic carbocycles. The van der Waals surface area contributed by atoms with E-state index in [1.165, 1.54) is 77.0 Å². The molecule has 0 radical (unpaired) electrons. The molecule has 0 bridgehead atoms. The maximum Gasteiger partial charge on any atom is 0.306 e. The zero-order valence-electron chi connectivity index (χ0n) is 38.5. The molecule has 0 aromatic heterocycles. The van der Waals surface area contributed by atoms with Crippen molar-refractivity contribution in [3.63, 3.8) is 0 Å². The van der Waals surface area contributed by atoms with Crippen molar-refractivity contribution in [2.45, 2.75) is 232 Å². The van der Waals surface area contributed by atoms with Crippen LogP contribution < -0.4 is 0 Å². The maximum atomic E-state index is 12.8. The van der Waals surface area contributed by atoms with Crippen molar-refractivity contribution in [3.8, 4) is 0 Å². The average Bonchev–Trinajstić information content (AvgIpc) is 3.23. The predicted octanol–water partition coefficient (Wildman–Crippen LogP) is 15.9. The highest BCUT2D eigenvalue weighted by Gasteiger charge is 2.19. The SMILES string of the molecule is CCCC/C=C\CCCCCCCC(=O)OC[C@@H](COC(=O)CCCC/C=C\C/C=C\C/C=C\CCCCC)OC(=O)CCCCCCC/C=C\C/C=C\CCCCC. The molecular weight excluding hydrogens is 733 g/mol. The Morgan fingerprint density at radius 1 is 0.339 bits per heavy atom. The van der Waals surface area contributed by atoms with Gasteiger partial charge in [0.1, 0.15) is 13.2 Å². The van der Waals surface area contributed by atoms with Crippen LogP contribution >= 0.6 is 0 Å². The van der Waals surface area contributed by atoms with Gasteiger partial charge in [-0.1, -0.05) is 171 Å². The van der Waals surface area contributed by atoms with Crippen LogP contribution in [0.1, 0.15) is 226 Å². The summed E-state index contributed by atoms with van der Waals surface area (Å²) in [5.41, 5.74) is 0. The Bertz CT molecular complexity index is 1130. The Morgan fingerprint density at radius 2 is 0.627 bits per heavy atom. The van der Waals surface area contributed by atoms with Crippen molar-refractivity contribution in [2.24, 2.45) is 0 Å². The Morgan fingerprint density at radius 3 is 1.05 bits per heavy atom. The summed E-state index contributed by atoms with van der Waals surface area (Å²) >= 11 is 0. The minimum atomic E-state index is -0.800. The van der Waals surface area contributed by atoms with Crippen LogP contribution in [0.25, 0.3) is 0 Å². The highest BCUT2D eigenvalue weighted by molar-refractivity contribution is 5.71. The molecule has 0 saturated heterocycles. The number of unbranched alkanes of at least 4 members (excludes halogenated alkanes) is 20. The number of allylic oxidation sites excluding steroid dienone is 12. The minimum Gasteiger partial charge on any atom is -0.462 e. The van der Waals surface area contributed by atoms with Crippen molar-refractivity contribution in [1.82, 2.24) is 0 Å². The van der Waals surface area contributed by atoms with Crippen LogP contribution in [0.15, 0.2) is 72.9 Å². The summed E-state index contributed by atoms with van der Waals surface area (Å²) in [4.78, 5) is 37.8. The first kappa shape index (κ1) is 55.9. The summed E-state index contributed by atoms with van der Waals surface area (Å²) in [7, 11) is 0. The molecule has 0 aliphatic rings. The summed E-state index contributed by atoms with van der Waals surface area (Å²) in [5.74, 6) is -0.964. The third-order valence-corrected chi connectivity index (χ3v) is 10.2. The Labute approximate surface area is 363 Å². The molecule has 0 amide bonds. The first-order chi connectivity index (χ1) is 29.0. The number of ether oxygens (including phenoxy) is 3. The van der Waals surface area contributed by atoms with E-state index in [4.69, 9.17) is 14.2 Å². The third kappa shape index (κ3) is 45.8. The summed E-state index contributed by atoms with van der Waals surface area (Å²) in [6.07, 6.45) is 58.8. The quantitative estimate of drug-likeness (QED) is 0.0264. The van der Waals surface area contributed by atoms with E-state index in [-0.39, 0.29) is 31.1 Å². The predicted molar refractivity (Wildman–Crippen MR) is 251 cm³/mol. The average molecular weight is 823 g/mol. The van der Waals surface area contributed by atoms with Crippen LogP contribution in [-0.4, -0.2) is 37.2 Å². The third-order valence-electron chi connectivity index (χ3n) is 10.2. The van der Waals surface area contributed by atoms with Crippen LogP contribution in [0.4, 0.5) is 0 Å². The molecule has 0 unspecified atom stereocenters. The number of rotatable bonds is 43. The largest absolute Gasteiger partial charge is 0.462 e. The van der Waals surface area contributed by atoms with Gasteiger partial charge < -0.3 is 14.2 Å². The first-order valence-electron chi connectivity index (χ1n) is 24.4. The molecule has 0 N–H and O–H groups in total. The molecule has 0 spiro atoms. The van der Waals surface area contributed by atoms with E-state index in [9.17, 15) is 14.4 Å². The van der Waals surface area contributed by atoms with Crippen molar-refractivity contribution < 1.29 is 28.6 Å². The molecule has 59 heavy (non-hydrogen) atoms. The highest BCUT2D eigenvalue weighted by Crippen LogP contribution is 2.12. The van der Waals surface area contributed by atoms with Crippen molar-refractivity contribution >= 4 is 17.9 Å². The van der Waals surface area contributed by atoms with Gasteiger partial charge in [-0.05, 0) is 109 Å². The number of carbonyl (C=O) groups excluding carboxylic acids is 3. The second kappa shape index (κ2) is 47.5. The van der Waals surface area contributed by atoms with Gasteiger partial charge >= 0.3 is 17.9 Å². The van der Waals surface area contributed by atoms with Crippen molar-refractivity contribution in [3.05, 3.63) is 72.9 Å². The second-order valence-electron chi connectivity index (χ2n) is 16.0. The molecule has 0 aromatic carbocycles. The fourth-order valence-electron chi connectivity index (χ4n) is 6.40. The smallest absolute Gasteiger partial charge is 0.306 e. The van der Waals surface area contributed by atoms with Crippen molar-refractivity contribution in [1.29, 1.82) is 0 Å². The van der Waals surface area contributed by atoms with Crippen LogP contribution in [0.5, 0.6) is 0 Å². The van der Waals surface area contributed by atoms with E-state index in [2.05, 4.69) is 93.7 Å². The van der Waals surface area contributed by atoms with Gasteiger partial charge in [-0.25, -0.2) is 0 Å². The summed E-state index contributed by atoms with van der Waals surface area (Å²) in [6.45, 7) is 6.48. The molecule has 6 heteroatoms. The van der Waals surface area contributed by atoms with E-state index >= 15 is 0 Å². The van der Waals surface area contributed by atoms with Gasteiger partial charge in [0.15, 0.2) is 6.10 Å². The normalized spacial score (nSPS) is 12.7. The fourth-order valence-corrected chi connectivity index (χ4v) is 6.40. The monoisotopic (exact) mass is 823 g/mol. The van der Waals surface area contributed by atoms with Crippen LogP contribution in [0.3, 0.4) is 0 Å². The molecular formula is C53H90O6. The molecule has 338 valence electrons. The number of esters is 3. The zero-order valence-corrected chi connectivity index (χ0v) is 38.5. The van der Waals surface area contributed by atoms with E-state index in [1.54, 1.807) is 0 Å². The van der Waals surface area contributed by atoms with Crippen LogP contribution in [0, 0.1) is 0 Å². The minimum absolute atomic E-state index is 0.0983. The summed E-state index contributed by atoms with van der Waals surface area (Å²) in [5, 5.41) is 0. The Balaban J connectivity index is 4.48. The Hall–Kier alpha value is -3.15. The van der Waals surface area contributed by atoms with E-state index in [0.717, 1.165) is 109 Å². The lowest BCUT2D eigenvalue weighted by Crippen LogP contribution is -2.30. The van der Waals surface area contributed by atoms with Gasteiger partial charge in [0.05, 0.1) is 0 Å². The van der Waals surface area contributed by atoms with Crippen molar-refractivity contribution in [2.75, 3.05) is 13.2 Å². The molecule has 0 aliphatic heterocycles. The molecule has 0 aromatic rings. The number of hydrogen-bond donors (Lipinski definition) is 0. The number of carbonyl (C=O) groups is 3. The molecule has 0 fully saturated rings. The molecule has 0 saturated carbocycles. The van der Waals surface area contributed by atoms with Crippen LogP contribution in [0.2, 0.25) is 0 Å². The topological polar surface area (TPSA) is 78.9 Å². The zero-order chi connectivity index (χ0) is 43.0. The van der Waals surface area contributed by atoms with E-state index in [0.29, 0.717) is 19.3 Å². The van der Waals surface area contributed by atoms with Gasteiger partial charge in [-0.15, -0.1) is 0 Å². The summed E-state index contributed by atoms with van der Waals surface area (Å²) < 4.78 is 16.7. The van der Waals surface area contributed by atoms with E-state index < -0.39 is 6.10 Å². The van der Waals surface area contributed by atoms with Gasteiger partial charge in [0.25, 0.3) is 0 Å². The lowest BCUT2D eigenvalue weighted by molar-refractivity contribution is -0.167. The highest BCUT2D eigenvalue weighted by atomic mass is 16.6. The standard InChI is InChI=1S/C53H90O6/c1-4-7-10-13-16-19-22-24-26-28-31-34-37-40-43-46-52(55)58-49-50(48-57-51(54)45-42-39-36-33-30-21-18-15-12-9-6-3)59-53(56)47-44-41-38-35-32-29-27-25-23-20-17-14-11-8-5-2/h15-20,24-27,31,34,50H,4-14,21-23,28-30,32-33,35-49H2,1-3H3/b18-15-,19-16-,20-17-,26-24-,27-25-,34-31-/t50-/m0/s1. The maximum absolute atomic E-state index is 12.8. The van der Waals surface area contributed by atoms with Gasteiger partial charge in [0.2, 0.25) is 0 Å². The summed E-state index contributed by atoms with van der Waals surface area (Å²) in [6, 6.07) is 0. The number of hydrogen-bond acceptors (Lipinski definition) is 6. The fraction of sp³-hybridized carbons (Fsp3) is 0.717.